The molecule has 0 radical (unpaired) electrons. The van der Waals surface area contributed by atoms with E-state index in [0.717, 1.165) is 6.54 Å². The van der Waals surface area contributed by atoms with Crippen LogP contribution < -0.4 is 5.32 Å². The number of thioether (sulfide) groups is 1. The molecule has 0 aromatic carbocycles. The summed E-state index contributed by atoms with van der Waals surface area (Å²) in [5.41, 5.74) is 3.90. The van der Waals surface area contributed by atoms with Gasteiger partial charge in [0.15, 0.2) is 0 Å². The van der Waals surface area contributed by atoms with E-state index in [-0.39, 0.29) is 0 Å². The minimum Gasteiger partial charge on any atom is -0.307 e. The highest BCUT2D eigenvalue weighted by atomic mass is 32.2. The van der Waals surface area contributed by atoms with Crippen LogP contribution in [0.5, 0.6) is 0 Å². The number of hydrogen-bond acceptors (Lipinski definition) is 3. The molecule has 0 bridgehead atoms. The number of aryl methyl sites for hydroxylation is 2. The second-order valence-electron chi connectivity index (χ2n) is 5.18. The third-order valence-electron chi connectivity index (χ3n) is 3.88. The SMILES string of the molecule is CCn1nc(C)c(C(C)NC2CCSCC2)c1C. The van der Waals surface area contributed by atoms with Crippen LogP contribution in [0.2, 0.25) is 0 Å². The molecule has 2 rings (SSSR count). The topological polar surface area (TPSA) is 29.9 Å². The maximum atomic E-state index is 4.62. The Hall–Kier alpha value is -0.480. The van der Waals surface area contributed by atoms with Crippen molar-refractivity contribution in [2.45, 2.75) is 59.2 Å². The van der Waals surface area contributed by atoms with Gasteiger partial charge in [-0.15, -0.1) is 0 Å². The van der Waals surface area contributed by atoms with E-state index in [9.17, 15) is 0 Å². The predicted octanol–water partition coefficient (Wildman–Crippen LogP) is 3.07. The van der Waals surface area contributed by atoms with Crippen LogP contribution in [0, 0.1) is 13.8 Å². The van der Waals surface area contributed by atoms with E-state index in [1.165, 1.54) is 41.3 Å². The summed E-state index contributed by atoms with van der Waals surface area (Å²) < 4.78 is 2.11. The number of aromatic nitrogens is 2. The average molecular weight is 267 g/mol. The Kier molecular flexibility index (Phi) is 4.73. The Morgan fingerprint density at radius 2 is 2.06 bits per heavy atom. The number of nitrogens with one attached hydrogen (secondary N) is 1. The molecule has 1 saturated heterocycles. The fraction of sp³-hybridized carbons (Fsp3) is 0.786. The van der Waals surface area contributed by atoms with Crippen molar-refractivity contribution in [2.75, 3.05) is 11.5 Å². The maximum absolute atomic E-state index is 4.62. The minimum absolute atomic E-state index is 0.415. The smallest absolute Gasteiger partial charge is 0.0644 e. The molecular formula is C14H25N3S. The molecule has 0 aliphatic carbocycles. The van der Waals surface area contributed by atoms with E-state index >= 15 is 0 Å². The van der Waals surface area contributed by atoms with Gasteiger partial charge in [0.2, 0.25) is 0 Å². The van der Waals surface area contributed by atoms with Crippen molar-refractivity contribution in [3.8, 4) is 0 Å². The van der Waals surface area contributed by atoms with Gasteiger partial charge in [-0.1, -0.05) is 0 Å². The van der Waals surface area contributed by atoms with Gasteiger partial charge in [-0.3, -0.25) is 4.68 Å². The Morgan fingerprint density at radius 3 is 2.61 bits per heavy atom. The Labute approximate surface area is 115 Å². The van der Waals surface area contributed by atoms with Crippen molar-refractivity contribution >= 4 is 11.8 Å². The molecule has 1 aromatic heterocycles. The molecule has 1 aliphatic heterocycles. The summed E-state index contributed by atoms with van der Waals surface area (Å²) >= 11 is 2.08. The number of nitrogens with zero attached hydrogens (tertiary/aromatic N) is 2. The molecule has 4 heteroatoms. The van der Waals surface area contributed by atoms with Crippen molar-refractivity contribution in [2.24, 2.45) is 0 Å². The van der Waals surface area contributed by atoms with Gasteiger partial charge < -0.3 is 5.32 Å². The summed E-state index contributed by atoms with van der Waals surface area (Å²) in [6.07, 6.45) is 2.60. The number of hydrogen-bond donors (Lipinski definition) is 1. The average Bonchev–Trinajstić information content (AvgIpc) is 2.65. The zero-order chi connectivity index (χ0) is 13.1. The lowest BCUT2D eigenvalue weighted by Crippen LogP contribution is -2.34. The van der Waals surface area contributed by atoms with Crippen molar-refractivity contribution < 1.29 is 0 Å². The second-order valence-corrected chi connectivity index (χ2v) is 6.40. The molecule has 0 saturated carbocycles. The van der Waals surface area contributed by atoms with Crippen LogP contribution in [0.3, 0.4) is 0 Å². The summed E-state index contributed by atoms with van der Waals surface area (Å²) in [5.74, 6) is 2.60. The molecule has 3 nitrogen and oxygen atoms in total. The summed E-state index contributed by atoms with van der Waals surface area (Å²) in [5, 5.41) is 8.40. The zero-order valence-corrected chi connectivity index (χ0v) is 12.8. The van der Waals surface area contributed by atoms with Crippen LogP contribution in [0.15, 0.2) is 0 Å². The number of rotatable bonds is 4. The second kappa shape index (κ2) is 6.11. The van der Waals surface area contributed by atoms with Crippen LogP contribution in [0.1, 0.15) is 49.7 Å². The van der Waals surface area contributed by atoms with Crippen LogP contribution >= 0.6 is 11.8 Å². The highest BCUT2D eigenvalue weighted by Crippen LogP contribution is 2.24. The molecule has 1 N–H and O–H groups in total. The van der Waals surface area contributed by atoms with Crippen LogP contribution in [0.4, 0.5) is 0 Å². The summed E-state index contributed by atoms with van der Waals surface area (Å²) in [7, 11) is 0. The van der Waals surface area contributed by atoms with Crippen molar-refractivity contribution in [3.63, 3.8) is 0 Å². The van der Waals surface area contributed by atoms with Gasteiger partial charge in [0.05, 0.1) is 5.69 Å². The quantitative estimate of drug-likeness (QED) is 0.909. The lowest BCUT2D eigenvalue weighted by molar-refractivity contribution is 0.429. The van der Waals surface area contributed by atoms with E-state index in [2.05, 4.69) is 54.6 Å². The summed E-state index contributed by atoms with van der Waals surface area (Å²) in [6.45, 7) is 9.70. The third kappa shape index (κ3) is 2.91. The Balaban J connectivity index is 2.07. The molecule has 18 heavy (non-hydrogen) atoms. The van der Waals surface area contributed by atoms with Crippen molar-refractivity contribution in [3.05, 3.63) is 17.0 Å². The monoisotopic (exact) mass is 267 g/mol. The molecule has 0 spiro atoms. The summed E-state index contributed by atoms with van der Waals surface area (Å²) in [6, 6.07) is 1.10. The molecule has 1 aliphatic rings. The van der Waals surface area contributed by atoms with Gasteiger partial charge in [-0.25, -0.2) is 0 Å². The molecule has 0 amide bonds. The normalized spacial score (nSPS) is 19.1. The first-order valence-corrected chi connectivity index (χ1v) is 8.16. The fourth-order valence-corrected chi connectivity index (χ4v) is 4.05. The third-order valence-corrected chi connectivity index (χ3v) is 4.93. The van der Waals surface area contributed by atoms with Gasteiger partial charge >= 0.3 is 0 Å². The first-order valence-electron chi connectivity index (χ1n) is 7.01. The van der Waals surface area contributed by atoms with E-state index in [4.69, 9.17) is 0 Å². The van der Waals surface area contributed by atoms with Crippen LogP contribution in [0.25, 0.3) is 0 Å². The van der Waals surface area contributed by atoms with Crippen LogP contribution in [-0.4, -0.2) is 27.3 Å². The van der Waals surface area contributed by atoms with Gasteiger partial charge in [-0.2, -0.15) is 16.9 Å². The molecule has 1 unspecified atom stereocenters. The van der Waals surface area contributed by atoms with Gasteiger partial charge in [0.25, 0.3) is 0 Å². The maximum Gasteiger partial charge on any atom is 0.0644 e. The first-order chi connectivity index (χ1) is 8.63. The largest absolute Gasteiger partial charge is 0.307 e. The van der Waals surface area contributed by atoms with E-state index < -0.39 is 0 Å². The molecule has 1 fully saturated rings. The highest BCUT2D eigenvalue weighted by Gasteiger charge is 2.21. The van der Waals surface area contributed by atoms with Crippen molar-refractivity contribution in [1.29, 1.82) is 0 Å². The highest BCUT2D eigenvalue weighted by molar-refractivity contribution is 7.99. The standard InChI is InChI=1S/C14H25N3S/c1-5-17-12(4)14(11(3)16-17)10(2)15-13-6-8-18-9-7-13/h10,13,15H,5-9H2,1-4H3. The first kappa shape index (κ1) is 13.9. The molecule has 1 atom stereocenters. The van der Waals surface area contributed by atoms with Crippen LogP contribution in [-0.2, 0) is 6.54 Å². The fourth-order valence-electron chi connectivity index (χ4n) is 2.95. The van der Waals surface area contributed by atoms with E-state index in [1.54, 1.807) is 0 Å². The predicted molar refractivity (Wildman–Crippen MR) is 79.3 cm³/mol. The molecule has 2 heterocycles. The molecular weight excluding hydrogens is 242 g/mol. The Morgan fingerprint density at radius 1 is 1.39 bits per heavy atom. The molecule has 1 aromatic rings. The van der Waals surface area contributed by atoms with E-state index in [1.807, 2.05) is 0 Å². The van der Waals surface area contributed by atoms with Gasteiger partial charge in [-0.05, 0) is 52.0 Å². The lowest BCUT2D eigenvalue weighted by Gasteiger charge is -2.26. The van der Waals surface area contributed by atoms with Gasteiger partial charge in [0, 0.05) is 29.9 Å². The zero-order valence-electron chi connectivity index (χ0n) is 12.0. The van der Waals surface area contributed by atoms with Gasteiger partial charge in [0.1, 0.15) is 0 Å². The minimum atomic E-state index is 0.415. The summed E-state index contributed by atoms with van der Waals surface area (Å²) in [4.78, 5) is 0. The molecule has 102 valence electrons. The lowest BCUT2D eigenvalue weighted by atomic mass is 10.0. The Bertz CT molecular complexity index is 394. The van der Waals surface area contributed by atoms with Crippen molar-refractivity contribution in [1.82, 2.24) is 15.1 Å². The van der Waals surface area contributed by atoms with E-state index in [0.29, 0.717) is 12.1 Å².